The van der Waals surface area contributed by atoms with Gasteiger partial charge >= 0.3 is 0 Å². The first-order chi connectivity index (χ1) is 6.89. The van der Waals surface area contributed by atoms with Gasteiger partial charge in [0.15, 0.2) is 9.84 Å². The number of sulfone groups is 1. The molecule has 2 N–H and O–H groups in total. The van der Waals surface area contributed by atoms with Crippen LogP contribution in [0.4, 0.5) is 4.39 Å². The fourth-order valence-corrected chi connectivity index (χ4v) is 2.47. The number of aryl methyl sites for hydroxylation is 1. The Hall–Kier alpha value is -0.940. The lowest BCUT2D eigenvalue weighted by Gasteiger charge is -2.11. The number of rotatable bonds is 3. The Kier molecular flexibility index (Phi) is 3.46. The Morgan fingerprint density at radius 3 is 2.53 bits per heavy atom. The monoisotopic (exact) mass is 231 g/mol. The molecule has 0 aliphatic heterocycles. The number of halogens is 1. The van der Waals surface area contributed by atoms with Crippen molar-refractivity contribution in [2.75, 3.05) is 6.54 Å². The highest BCUT2D eigenvalue weighted by atomic mass is 32.2. The molecule has 0 aliphatic rings. The van der Waals surface area contributed by atoms with Crippen LogP contribution in [-0.4, -0.2) is 20.2 Å². The molecule has 0 bridgehead atoms. The van der Waals surface area contributed by atoms with E-state index < -0.39 is 20.9 Å². The second-order valence-corrected chi connectivity index (χ2v) is 5.87. The molecule has 15 heavy (non-hydrogen) atoms. The highest BCUT2D eigenvalue weighted by molar-refractivity contribution is 7.92. The van der Waals surface area contributed by atoms with Crippen molar-refractivity contribution in [2.24, 2.45) is 5.73 Å². The summed E-state index contributed by atoms with van der Waals surface area (Å²) in [4.78, 5) is 0.124. The van der Waals surface area contributed by atoms with Crippen LogP contribution in [0.5, 0.6) is 0 Å². The fraction of sp³-hybridized carbons (Fsp3) is 0.400. The van der Waals surface area contributed by atoms with Crippen LogP contribution in [0, 0.1) is 12.7 Å². The Bertz CT molecular complexity index is 456. The van der Waals surface area contributed by atoms with Gasteiger partial charge in [0, 0.05) is 6.54 Å². The normalized spacial score (nSPS) is 13.9. The lowest BCUT2D eigenvalue weighted by Crippen LogP contribution is -2.26. The molecule has 0 amide bonds. The zero-order chi connectivity index (χ0) is 11.6. The van der Waals surface area contributed by atoms with Crippen molar-refractivity contribution < 1.29 is 12.8 Å². The predicted molar refractivity (Wildman–Crippen MR) is 56.8 cm³/mol. The Morgan fingerprint density at radius 1 is 1.47 bits per heavy atom. The number of hydrogen-bond donors (Lipinski definition) is 1. The topological polar surface area (TPSA) is 60.2 Å². The third-order valence-corrected chi connectivity index (χ3v) is 4.48. The van der Waals surface area contributed by atoms with Gasteiger partial charge in [0.05, 0.1) is 10.1 Å². The molecule has 1 atom stereocenters. The lowest BCUT2D eigenvalue weighted by molar-refractivity contribution is 0.582. The molecule has 1 aromatic carbocycles. The van der Waals surface area contributed by atoms with Crippen LogP contribution >= 0.6 is 0 Å². The van der Waals surface area contributed by atoms with E-state index in [-0.39, 0.29) is 11.4 Å². The van der Waals surface area contributed by atoms with Crippen LogP contribution in [0.1, 0.15) is 12.5 Å². The first-order valence-corrected chi connectivity index (χ1v) is 6.14. The third-order valence-electron chi connectivity index (χ3n) is 2.32. The fourth-order valence-electron chi connectivity index (χ4n) is 1.15. The molecule has 0 saturated carbocycles. The maximum atomic E-state index is 13.0. The second kappa shape index (κ2) is 4.28. The van der Waals surface area contributed by atoms with Gasteiger partial charge in [-0.1, -0.05) is 0 Å². The van der Waals surface area contributed by atoms with Crippen molar-refractivity contribution in [3.8, 4) is 0 Å². The van der Waals surface area contributed by atoms with E-state index in [2.05, 4.69) is 0 Å². The molecule has 0 radical (unpaired) electrons. The van der Waals surface area contributed by atoms with Crippen LogP contribution in [0.25, 0.3) is 0 Å². The van der Waals surface area contributed by atoms with Crippen molar-refractivity contribution in [1.29, 1.82) is 0 Å². The molecule has 0 aliphatic carbocycles. The van der Waals surface area contributed by atoms with Crippen LogP contribution < -0.4 is 5.73 Å². The van der Waals surface area contributed by atoms with Crippen LogP contribution in [0.3, 0.4) is 0 Å². The van der Waals surface area contributed by atoms with E-state index in [1.54, 1.807) is 0 Å². The van der Waals surface area contributed by atoms with E-state index in [0.717, 1.165) is 6.07 Å². The van der Waals surface area contributed by atoms with E-state index in [1.165, 1.54) is 26.0 Å². The average molecular weight is 231 g/mol. The number of nitrogens with two attached hydrogens (primary N) is 1. The van der Waals surface area contributed by atoms with Gasteiger partial charge in [0.1, 0.15) is 5.82 Å². The molecule has 84 valence electrons. The summed E-state index contributed by atoms with van der Waals surface area (Å²) in [6, 6.07) is 3.76. The van der Waals surface area contributed by atoms with Crippen LogP contribution in [-0.2, 0) is 9.84 Å². The Balaban J connectivity index is 3.23. The van der Waals surface area contributed by atoms with Gasteiger partial charge in [-0.15, -0.1) is 0 Å². The lowest BCUT2D eigenvalue weighted by atomic mass is 10.2. The standard InChI is InChI=1S/C10H14FNO2S/c1-7-5-9(3-4-10(7)11)15(13,14)8(2)6-12/h3-5,8H,6,12H2,1-2H3. The molecule has 1 unspecified atom stereocenters. The summed E-state index contributed by atoms with van der Waals surface area (Å²) in [5.41, 5.74) is 5.63. The van der Waals surface area contributed by atoms with E-state index in [4.69, 9.17) is 5.73 Å². The minimum absolute atomic E-state index is 0.0543. The molecule has 5 heteroatoms. The van der Waals surface area contributed by atoms with Gasteiger partial charge in [0.2, 0.25) is 0 Å². The van der Waals surface area contributed by atoms with Crippen molar-refractivity contribution in [1.82, 2.24) is 0 Å². The third kappa shape index (κ3) is 2.35. The first-order valence-electron chi connectivity index (χ1n) is 4.59. The van der Waals surface area contributed by atoms with Gasteiger partial charge in [-0.25, -0.2) is 12.8 Å². The van der Waals surface area contributed by atoms with E-state index >= 15 is 0 Å². The van der Waals surface area contributed by atoms with Crippen molar-refractivity contribution in [3.63, 3.8) is 0 Å². The predicted octanol–water partition coefficient (Wildman–Crippen LogP) is 1.26. The summed E-state index contributed by atoms with van der Waals surface area (Å²) in [7, 11) is -3.42. The molecular weight excluding hydrogens is 217 g/mol. The average Bonchev–Trinajstić information content (AvgIpc) is 2.20. The highest BCUT2D eigenvalue weighted by Crippen LogP contribution is 2.18. The van der Waals surface area contributed by atoms with Gasteiger partial charge in [-0.05, 0) is 37.6 Å². The number of benzene rings is 1. The molecule has 1 aromatic rings. The van der Waals surface area contributed by atoms with Gasteiger partial charge in [0.25, 0.3) is 0 Å². The minimum atomic E-state index is -3.42. The van der Waals surface area contributed by atoms with Crippen molar-refractivity contribution >= 4 is 9.84 Å². The number of hydrogen-bond acceptors (Lipinski definition) is 3. The Morgan fingerprint density at radius 2 is 2.07 bits per heavy atom. The summed E-state index contributed by atoms with van der Waals surface area (Å²) in [6.07, 6.45) is 0. The van der Waals surface area contributed by atoms with E-state index in [1.807, 2.05) is 0 Å². The summed E-state index contributed by atoms with van der Waals surface area (Å²) < 4.78 is 36.6. The summed E-state index contributed by atoms with van der Waals surface area (Å²) >= 11 is 0. The molecular formula is C10H14FNO2S. The molecule has 0 heterocycles. The smallest absolute Gasteiger partial charge is 0.182 e. The summed E-state index contributed by atoms with van der Waals surface area (Å²) in [5.74, 6) is -0.408. The van der Waals surface area contributed by atoms with E-state index in [9.17, 15) is 12.8 Å². The molecule has 0 spiro atoms. The molecule has 1 rings (SSSR count). The van der Waals surface area contributed by atoms with Crippen molar-refractivity contribution in [2.45, 2.75) is 24.0 Å². The maximum Gasteiger partial charge on any atom is 0.182 e. The SMILES string of the molecule is Cc1cc(S(=O)(=O)C(C)CN)ccc1F. The Labute approximate surface area is 89.0 Å². The van der Waals surface area contributed by atoms with Gasteiger partial charge in [-0.2, -0.15) is 0 Å². The zero-order valence-electron chi connectivity index (χ0n) is 8.70. The molecule has 0 fully saturated rings. The quantitative estimate of drug-likeness (QED) is 0.796. The molecule has 0 aromatic heterocycles. The molecule has 3 nitrogen and oxygen atoms in total. The van der Waals surface area contributed by atoms with Crippen molar-refractivity contribution in [3.05, 3.63) is 29.6 Å². The van der Waals surface area contributed by atoms with Crippen LogP contribution in [0.15, 0.2) is 23.1 Å². The summed E-state index contributed by atoms with van der Waals surface area (Å²) in [6.45, 7) is 3.12. The zero-order valence-corrected chi connectivity index (χ0v) is 9.51. The summed E-state index contributed by atoms with van der Waals surface area (Å²) in [5, 5.41) is -0.651. The van der Waals surface area contributed by atoms with Gasteiger partial charge in [-0.3, -0.25) is 0 Å². The molecule has 0 saturated heterocycles. The maximum absolute atomic E-state index is 13.0. The van der Waals surface area contributed by atoms with Gasteiger partial charge < -0.3 is 5.73 Å². The second-order valence-electron chi connectivity index (χ2n) is 3.50. The van der Waals surface area contributed by atoms with E-state index in [0.29, 0.717) is 5.56 Å². The highest BCUT2D eigenvalue weighted by Gasteiger charge is 2.22. The minimum Gasteiger partial charge on any atom is -0.329 e. The first kappa shape index (κ1) is 12.1. The van der Waals surface area contributed by atoms with Crippen LogP contribution in [0.2, 0.25) is 0 Å². The largest absolute Gasteiger partial charge is 0.329 e.